The van der Waals surface area contributed by atoms with Gasteiger partial charge in [0.2, 0.25) is 0 Å². The van der Waals surface area contributed by atoms with E-state index in [4.69, 9.17) is 0 Å². The molecule has 0 aliphatic heterocycles. The zero-order chi connectivity index (χ0) is 15.5. The van der Waals surface area contributed by atoms with Gasteiger partial charge in [-0.15, -0.1) is 0 Å². The van der Waals surface area contributed by atoms with Gasteiger partial charge in [0.1, 0.15) is 0 Å². The lowest BCUT2D eigenvalue weighted by Gasteiger charge is -2.22. The monoisotopic (exact) mass is 307 g/mol. The van der Waals surface area contributed by atoms with Gasteiger partial charge in [-0.1, -0.05) is 18.2 Å². The van der Waals surface area contributed by atoms with E-state index in [0.717, 1.165) is 11.4 Å². The van der Waals surface area contributed by atoms with E-state index in [1.54, 1.807) is 18.5 Å². The van der Waals surface area contributed by atoms with Crippen LogP contribution in [0.15, 0.2) is 42.6 Å². The average Bonchev–Trinajstić information content (AvgIpc) is 2.87. The van der Waals surface area contributed by atoms with Crippen LogP contribution in [0.5, 0.6) is 0 Å². The quantitative estimate of drug-likeness (QED) is 0.883. The molecule has 0 bridgehead atoms. The van der Waals surface area contributed by atoms with E-state index in [1.165, 1.54) is 6.26 Å². The van der Waals surface area contributed by atoms with Gasteiger partial charge in [-0.05, 0) is 32.0 Å². The van der Waals surface area contributed by atoms with Crippen molar-refractivity contribution in [3.8, 4) is 5.69 Å². The fraction of sp³-hybridized carbons (Fsp3) is 0.400. The SMILES string of the molecule is CC(C)(CNCc1ccn(-c2ccccc2)n1)S(C)(=O)=O. The fourth-order valence-corrected chi connectivity index (χ4v) is 2.17. The topological polar surface area (TPSA) is 64.0 Å². The van der Waals surface area contributed by atoms with Crippen molar-refractivity contribution < 1.29 is 8.42 Å². The molecule has 0 spiro atoms. The van der Waals surface area contributed by atoms with Crippen LogP contribution in [0.25, 0.3) is 5.69 Å². The first-order valence-electron chi connectivity index (χ1n) is 6.80. The molecule has 1 aromatic carbocycles. The van der Waals surface area contributed by atoms with Crippen LogP contribution in [0.4, 0.5) is 0 Å². The Bertz CT molecular complexity index is 691. The molecule has 114 valence electrons. The normalized spacial score (nSPS) is 12.5. The number of hydrogen-bond donors (Lipinski definition) is 1. The van der Waals surface area contributed by atoms with Crippen LogP contribution in [0.1, 0.15) is 19.5 Å². The lowest BCUT2D eigenvalue weighted by Crippen LogP contribution is -2.41. The van der Waals surface area contributed by atoms with E-state index in [2.05, 4.69) is 10.4 Å². The Morgan fingerprint density at radius 2 is 1.86 bits per heavy atom. The first-order valence-corrected chi connectivity index (χ1v) is 8.69. The van der Waals surface area contributed by atoms with Gasteiger partial charge >= 0.3 is 0 Å². The zero-order valence-corrected chi connectivity index (χ0v) is 13.4. The Hall–Kier alpha value is -1.66. The Balaban J connectivity index is 1.96. The van der Waals surface area contributed by atoms with Gasteiger partial charge in [-0.3, -0.25) is 0 Å². The van der Waals surface area contributed by atoms with Crippen LogP contribution < -0.4 is 5.32 Å². The summed E-state index contributed by atoms with van der Waals surface area (Å²) in [5, 5.41) is 7.63. The van der Waals surface area contributed by atoms with Crippen molar-refractivity contribution in [3.63, 3.8) is 0 Å². The zero-order valence-electron chi connectivity index (χ0n) is 12.6. The highest BCUT2D eigenvalue weighted by Gasteiger charge is 2.29. The van der Waals surface area contributed by atoms with Gasteiger partial charge in [-0.25, -0.2) is 13.1 Å². The van der Waals surface area contributed by atoms with Crippen LogP contribution in [-0.4, -0.2) is 35.7 Å². The minimum absolute atomic E-state index is 0.393. The van der Waals surface area contributed by atoms with E-state index >= 15 is 0 Å². The molecule has 0 radical (unpaired) electrons. The van der Waals surface area contributed by atoms with Gasteiger partial charge in [0.25, 0.3) is 0 Å². The maximum absolute atomic E-state index is 11.6. The molecule has 1 N–H and O–H groups in total. The summed E-state index contributed by atoms with van der Waals surface area (Å²) in [4.78, 5) is 0. The highest BCUT2D eigenvalue weighted by atomic mass is 32.2. The van der Waals surface area contributed by atoms with E-state index in [9.17, 15) is 8.42 Å². The highest BCUT2D eigenvalue weighted by Crippen LogP contribution is 2.13. The van der Waals surface area contributed by atoms with Crippen molar-refractivity contribution in [2.24, 2.45) is 0 Å². The summed E-state index contributed by atoms with van der Waals surface area (Å²) in [6.45, 7) is 4.37. The van der Waals surface area contributed by atoms with Gasteiger partial charge in [0.05, 0.1) is 16.1 Å². The molecule has 0 saturated heterocycles. The molecule has 0 saturated carbocycles. The van der Waals surface area contributed by atoms with Crippen LogP contribution >= 0.6 is 0 Å². The van der Waals surface area contributed by atoms with Gasteiger partial charge in [0.15, 0.2) is 9.84 Å². The van der Waals surface area contributed by atoms with Crippen molar-refractivity contribution in [2.45, 2.75) is 25.1 Å². The summed E-state index contributed by atoms with van der Waals surface area (Å²) < 4.78 is 24.3. The number of benzene rings is 1. The third kappa shape index (κ3) is 3.92. The maximum Gasteiger partial charge on any atom is 0.153 e. The smallest absolute Gasteiger partial charge is 0.153 e. The molecule has 2 aromatic rings. The van der Waals surface area contributed by atoms with E-state index in [-0.39, 0.29) is 0 Å². The molecule has 1 aromatic heterocycles. The van der Waals surface area contributed by atoms with Gasteiger partial charge in [-0.2, -0.15) is 5.10 Å². The third-order valence-corrected chi connectivity index (χ3v) is 5.68. The van der Waals surface area contributed by atoms with E-state index < -0.39 is 14.6 Å². The predicted octanol–water partition coefficient (Wildman–Crippen LogP) is 1.79. The van der Waals surface area contributed by atoms with Crippen LogP contribution in [-0.2, 0) is 16.4 Å². The number of nitrogens with zero attached hydrogens (tertiary/aromatic N) is 2. The van der Waals surface area contributed by atoms with Crippen molar-refractivity contribution in [3.05, 3.63) is 48.3 Å². The van der Waals surface area contributed by atoms with E-state index in [0.29, 0.717) is 13.1 Å². The Morgan fingerprint density at radius 1 is 1.19 bits per heavy atom. The Morgan fingerprint density at radius 3 is 2.48 bits per heavy atom. The standard InChI is InChI=1S/C15H21N3O2S/c1-15(2,21(3,19)20)12-16-11-13-9-10-18(17-13)14-7-5-4-6-8-14/h4-10,16H,11-12H2,1-3H3. The number of hydrogen-bond acceptors (Lipinski definition) is 4. The molecule has 0 aliphatic rings. The molecule has 0 amide bonds. The molecule has 0 unspecified atom stereocenters. The molecule has 0 atom stereocenters. The van der Waals surface area contributed by atoms with Crippen molar-refractivity contribution in [2.75, 3.05) is 12.8 Å². The summed E-state index contributed by atoms with van der Waals surface area (Å²) in [6.07, 6.45) is 3.16. The van der Waals surface area contributed by atoms with Crippen molar-refractivity contribution in [1.82, 2.24) is 15.1 Å². The Labute approximate surface area is 125 Å². The molecule has 21 heavy (non-hydrogen) atoms. The van der Waals surface area contributed by atoms with Gasteiger partial charge < -0.3 is 5.32 Å². The molecule has 0 fully saturated rings. The second-order valence-electron chi connectivity index (χ2n) is 5.72. The number of nitrogens with one attached hydrogen (secondary N) is 1. The molecular weight excluding hydrogens is 286 g/mol. The number of para-hydroxylation sites is 1. The highest BCUT2D eigenvalue weighted by molar-refractivity contribution is 7.92. The summed E-state index contributed by atoms with van der Waals surface area (Å²) >= 11 is 0. The number of aromatic nitrogens is 2. The maximum atomic E-state index is 11.6. The predicted molar refractivity (Wildman–Crippen MR) is 84.2 cm³/mol. The summed E-state index contributed by atoms with van der Waals surface area (Å²) in [5.74, 6) is 0. The minimum Gasteiger partial charge on any atom is -0.310 e. The number of rotatable bonds is 6. The molecule has 5 nitrogen and oxygen atoms in total. The lowest BCUT2D eigenvalue weighted by atomic mass is 10.2. The lowest BCUT2D eigenvalue weighted by molar-refractivity contribution is 0.519. The first-order chi connectivity index (χ1) is 9.79. The summed E-state index contributed by atoms with van der Waals surface area (Å²) in [6, 6.07) is 11.8. The van der Waals surface area contributed by atoms with Crippen LogP contribution in [0, 0.1) is 0 Å². The number of sulfone groups is 1. The summed E-state index contributed by atoms with van der Waals surface area (Å²) in [5.41, 5.74) is 1.88. The van der Waals surface area contributed by atoms with Crippen LogP contribution in [0.3, 0.4) is 0 Å². The Kier molecular flexibility index (Phi) is 4.49. The minimum atomic E-state index is -3.08. The molecule has 6 heteroatoms. The first kappa shape index (κ1) is 15.7. The van der Waals surface area contributed by atoms with Crippen molar-refractivity contribution in [1.29, 1.82) is 0 Å². The molecule has 1 heterocycles. The summed E-state index contributed by atoms with van der Waals surface area (Å²) in [7, 11) is -3.08. The second kappa shape index (κ2) is 5.99. The second-order valence-corrected chi connectivity index (χ2v) is 8.37. The fourth-order valence-electron chi connectivity index (χ4n) is 1.80. The molecule has 2 rings (SSSR count). The molecule has 0 aliphatic carbocycles. The largest absolute Gasteiger partial charge is 0.310 e. The van der Waals surface area contributed by atoms with E-state index in [1.807, 2.05) is 42.6 Å². The third-order valence-electron chi connectivity index (χ3n) is 3.53. The van der Waals surface area contributed by atoms with Crippen molar-refractivity contribution >= 4 is 9.84 Å². The van der Waals surface area contributed by atoms with Crippen LogP contribution in [0.2, 0.25) is 0 Å². The average molecular weight is 307 g/mol. The molecular formula is C15H21N3O2S. The van der Waals surface area contributed by atoms with Gasteiger partial charge in [0, 0.05) is 25.5 Å².